The standard InChI is InChI=1S/C16H30N2O2/c1-2-3-4-5-6-7-8-9-10-11-16(20)18-13-12-17-15(19)14-18/h2-14H2,1H3,(H,17,19). The summed E-state index contributed by atoms with van der Waals surface area (Å²) in [7, 11) is 0. The quantitative estimate of drug-likeness (QED) is 0.626. The van der Waals surface area contributed by atoms with E-state index in [1.165, 1.54) is 44.9 Å². The van der Waals surface area contributed by atoms with Gasteiger partial charge in [-0.25, -0.2) is 0 Å². The highest BCUT2D eigenvalue weighted by atomic mass is 16.2. The molecule has 0 radical (unpaired) electrons. The normalized spacial score (nSPS) is 15.2. The molecule has 4 heteroatoms. The summed E-state index contributed by atoms with van der Waals surface area (Å²) in [5.74, 6) is 0.111. The van der Waals surface area contributed by atoms with Crippen molar-refractivity contribution in [2.45, 2.75) is 71.1 Å². The zero-order chi connectivity index (χ0) is 14.6. The van der Waals surface area contributed by atoms with E-state index in [2.05, 4.69) is 12.2 Å². The smallest absolute Gasteiger partial charge is 0.239 e. The Balaban J connectivity index is 1.93. The fourth-order valence-electron chi connectivity index (χ4n) is 2.60. The van der Waals surface area contributed by atoms with Crippen molar-refractivity contribution in [2.75, 3.05) is 19.6 Å². The second-order valence-corrected chi connectivity index (χ2v) is 5.74. The number of nitrogens with one attached hydrogen (secondary N) is 1. The Morgan fingerprint density at radius 2 is 1.65 bits per heavy atom. The zero-order valence-electron chi connectivity index (χ0n) is 13.0. The molecule has 0 aliphatic carbocycles. The molecule has 116 valence electrons. The van der Waals surface area contributed by atoms with Gasteiger partial charge in [0, 0.05) is 19.5 Å². The van der Waals surface area contributed by atoms with E-state index in [1.54, 1.807) is 4.90 Å². The van der Waals surface area contributed by atoms with Gasteiger partial charge >= 0.3 is 0 Å². The molecule has 0 unspecified atom stereocenters. The SMILES string of the molecule is CCCCCCCCCCCC(=O)N1CCNC(=O)C1. The van der Waals surface area contributed by atoms with Crippen molar-refractivity contribution in [3.05, 3.63) is 0 Å². The van der Waals surface area contributed by atoms with Crippen LogP contribution in [0.15, 0.2) is 0 Å². The van der Waals surface area contributed by atoms with Crippen LogP contribution in [0.4, 0.5) is 0 Å². The number of unbranched alkanes of at least 4 members (excludes halogenated alkanes) is 8. The van der Waals surface area contributed by atoms with Crippen molar-refractivity contribution < 1.29 is 9.59 Å². The van der Waals surface area contributed by atoms with E-state index in [0.717, 1.165) is 12.8 Å². The summed E-state index contributed by atoms with van der Waals surface area (Å²) in [6.45, 7) is 3.75. The minimum atomic E-state index is -0.0309. The Labute approximate surface area is 123 Å². The number of hydrogen-bond donors (Lipinski definition) is 1. The van der Waals surface area contributed by atoms with Gasteiger partial charge in [-0.15, -0.1) is 0 Å². The molecule has 1 aliphatic heterocycles. The van der Waals surface area contributed by atoms with E-state index in [-0.39, 0.29) is 18.4 Å². The van der Waals surface area contributed by atoms with Crippen LogP contribution in [0.2, 0.25) is 0 Å². The molecule has 0 aromatic heterocycles. The van der Waals surface area contributed by atoms with Crippen molar-refractivity contribution in [1.29, 1.82) is 0 Å². The second kappa shape index (κ2) is 10.7. The number of nitrogens with zero attached hydrogens (tertiary/aromatic N) is 1. The van der Waals surface area contributed by atoms with E-state index in [1.807, 2.05) is 0 Å². The molecule has 1 N–H and O–H groups in total. The Bertz CT molecular complexity index is 292. The number of rotatable bonds is 10. The molecule has 0 spiro atoms. The van der Waals surface area contributed by atoms with Gasteiger partial charge in [-0.2, -0.15) is 0 Å². The third-order valence-electron chi connectivity index (χ3n) is 3.89. The molecular formula is C16H30N2O2. The van der Waals surface area contributed by atoms with Crippen molar-refractivity contribution in [1.82, 2.24) is 10.2 Å². The molecule has 2 amide bonds. The molecule has 0 atom stereocenters. The molecule has 4 nitrogen and oxygen atoms in total. The zero-order valence-corrected chi connectivity index (χ0v) is 13.0. The van der Waals surface area contributed by atoms with Gasteiger partial charge < -0.3 is 10.2 Å². The summed E-state index contributed by atoms with van der Waals surface area (Å²) >= 11 is 0. The van der Waals surface area contributed by atoms with E-state index < -0.39 is 0 Å². The molecule has 20 heavy (non-hydrogen) atoms. The van der Waals surface area contributed by atoms with Crippen molar-refractivity contribution in [3.8, 4) is 0 Å². The first-order chi connectivity index (χ1) is 9.74. The highest BCUT2D eigenvalue weighted by Gasteiger charge is 2.20. The molecule has 1 aliphatic rings. The van der Waals surface area contributed by atoms with Crippen LogP contribution in [-0.2, 0) is 9.59 Å². The van der Waals surface area contributed by atoms with Crippen LogP contribution in [0.1, 0.15) is 71.1 Å². The molecule has 0 aromatic carbocycles. The highest BCUT2D eigenvalue weighted by Crippen LogP contribution is 2.11. The van der Waals surface area contributed by atoms with Gasteiger partial charge in [-0.05, 0) is 6.42 Å². The predicted molar refractivity (Wildman–Crippen MR) is 81.4 cm³/mol. The van der Waals surface area contributed by atoms with E-state index in [9.17, 15) is 9.59 Å². The summed E-state index contributed by atoms with van der Waals surface area (Å²) in [5.41, 5.74) is 0. The first-order valence-electron chi connectivity index (χ1n) is 8.28. The van der Waals surface area contributed by atoms with E-state index in [4.69, 9.17) is 0 Å². The second-order valence-electron chi connectivity index (χ2n) is 5.74. The monoisotopic (exact) mass is 282 g/mol. The van der Waals surface area contributed by atoms with Crippen LogP contribution < -0.4 is 5.32 Å². The number of carbonyl (C=O) groups is 2. The summed E-state index contributed by atoms with van der Waals surface area (Å²) in [5, 5.41) is 2.74. The summed E-state index contributed by atoms with van der Waals surface area (Å²) in [4.78, 5) is 24.8. The number of piperazine rings is 1. The van der Waals surface area contributed by atoms with Crippen LogP contribution in [0.5, 0.6) is 0 Å². The van der Waals surface area contributed by atoms with Gasteiger partial charge in [0.05, 0.1) is 6.54 Å². The maximum Gasteiger partial charge on any atom is 0.239 e. The largest absolute Gasteiger partial charge is 0.353 e. The minimum Gasteiger partial charge on any atom is -0.353 e. The minimum absolute atomic E-state index is 0.0309. The van der Waals surface area contributed by atoms with Crippen molar-refractivity contribution in [2.24, 2.45) is 0 Å². The van der Waals surface area contributed by atoms with Gasteiger partial charge in [0.2, 0.25) is 11.8 Å². The number of hydrogen-bond acceptors (Lipinski definition) is 2. The summed E-state index contributed by atoms with van der Waals surface area (Å²) < 4.78 is 0. The lowest BCUT2D eigenvalue weighted by Gasteiger charge is -2.26. The van der Waals surface area contributed by atoms with Gasteiger partial charge in [-0.3, -0.25) is 9.59 Å². The van der Waals surface area contributed by atoms with Crippen LogP contribution in [-0.4, -0.2) is 36.3 Å². The molecule has 1 fully saturated rings. The number of carbonyl (C=O) groups excluding carboxylic acids is 2. The fraction of sp³-hybridized carbons (Fsp3) is 0.875. The van der Waals surface area contributed by atoms with Crippen molar-refractivity contribution >= 4 is 11.8 Å². The van der Waals surface area contributed by atoms with Crippen molar-refractivity contribution in [3.63, 3.8) is 0 Å². The maximum absolute atomic E-state index is 11.9. The number of amides is 2. The third-order valence-corrected chi connectivity index (χ3v) is 3.89. The Morgan fingerprint density at radius 1 is 1.05 bits per heavy atom. The lowest BCUT2D eigenvalue weighted by molar-refractivity contribution is -0.138. The third kappa shape index (κ3) is 7.51. The summed E-state index contributed by atoms with van der Waals surface area (Å²) in [6, 6.07) is 0. The lowest BCUT2D eigenvalue weighted by atomic mass is 10.1. The Hall–Kier alpha value is -1.06. The topological polar surface area (TPSA) is 49.4 Å². The van der Waals surface area contributed by atoms with Gasteiger partial charge in [0.15, 0.2) is 0 Å². The molecule has 1 saturated heterocycles. The van der Waals surface area contributed by atoms with Crippen LogP contribution in [0.25, 0.3) is 0 Å². The molecule has 0 saturated carbocycles. The maximum atomic E-state index is 11.9. The lowest BCUT2D eigenvalue weighted by Crippen LogP contribution is -2.49. The van der Waals surface area contributed by atoms with E-state index in [0.29, 0.717) is 19.5 Å². The Kier molecular flexibility index (Phi) is 9.09. The molecule has 0 aromatic rings. The first kappa shape index (κ1) is 17.0. The average molecular weight is 282 g/mol. The Morgan fingerprint density at radius 3 is 2.25 bits per heavy atom. The molecule has 0 bridgehead atoms. The first-order valence-corrected chi connectivity index (χ1v) is 8.28. The van der Waals surface area contributed by atoms with Crippen LogP contribution in [0, 0.1) is 0 Å². The molecule has 1 heterocycles. The van der Waals surface area contributed by atoms with Crippen LogP contribution >= 0.6 is 0 Å². The predicted octanol–water partition coefficient (Wildman–Crippen LogP) is 2.87. The molecule has 1 rings (SSSR count). The van der Waals surface area contributed by atoms with Gasteiger partial charge in [0.1, 0.15) is 0 Å². The fourth-order valence-corrected chi connectivity index (χ4v) is 2.60. The highest BCUT2D eigenvalue weighted by molar-refractivity contribution is 5.85. The summed E-state index contributed by atoms with van der Waals surface area (Å²) in [6.07, 6.45) is 12.0. The molecular weight excluding hydrogens is 252 g/mol. The van der Waals surface area contributed by atoms with Gasteiger partial charge in [-0.1, -0.05) is 58.3 Å². The van der Waals surface area contributed by atoms with Crippen LogP contribution in [0.3, 0.4) is 0 Å². The average Bonchev–Trinajstić information content (AvgIpc) is 2.45. The van der Waals surface area contributed by atoms with E-state index >= 15 is 0 Å². The van der Waals surface area contributed by atoms with Gasteiger partial charge in [0.25, 0.3) is 0 Å².